The number of benzene rings is 2. The molecule has 0 aromatic heterocycles. The first-order chi connectivity index (χ1) is 13.9. The first-order valence-corrected chi connectivity index (χ1v) is 10.1. The van der Waals surface area contributed by atoms with Crippen molar-refractivity contribution in [3.63, 3.8) is 0 Å². The number of hydrogen-bond acceptors (Lipinski definition) is 3. The van der Waals surface area contributed by atoms with Gasteiger partial charge in [0.05, 0.1) is 12.2 Å². The molecule has 0 radical (unpaired) electrons. The van der Waals surface area contributed by atoms with Crippen molar-refractivity contribution in [2.24, 2.45) is 5.92 Å². The lowest BCUT2D eigenvalue weighted by Gasteiger charge is -2.37. The molecule has 0 unspecified atom stereocenters. The second-order valence-corrected chi connectivity index (χ2v) is 7.65. The molecule has 2 aromatic rings. The molecule has 3 rings (SSSR count). The lowest BCUT2D eigenvalue weighted by molar-refractivity contribution is -0.137. The van der Waals surface area contributed by atoms with Gasteiger partial charge < -0.3 is 9.47 Å². The molecule has 2 aromatic carbocycles. The van der Waals surface area contributed by atoms with Crippen LogP contribution in [0.4, 0.5) is 13.2 Å². The van der Waals surface area contributed by atoms with E-state index in [2.05, 4.69) is 24.0 Å². The van der Waals surface area contributed by atoms with Crippen LogP contribution in [0.5, 0.6) is 11.5 Å². The summed E-state index contributed by atoms with van der Waals surface area (Å²) in [5.74, 6) is 0.814. The van der Waals surface area contributed by atoms with Gasteiger partial charge in [0.15, 0.2) is 11.5 Å². The number of hydrogen-bond donors (Lipinski definition) is 0. The summed E-state index contributed by atoms with van der Waals surface area (Å²) in [5, 5.41) is 0. The van der Waals surface area contributed by atoms with E-state index in [1.54, 1.807) is 0 Å². The largest absolute Gasteiger partial charge is 0.490 e. The average molecular weight is 407 g/mol. The summed E-state index contributed by atoms with van der Waals surface area (Å²) < 4.78 is 50.9. The van der Waals surface area contributed by atoms with Gasteiger partial charge in [0.25, 0.3) is 0 Å². The van der Waals surface area contributed by atoms with E-state index in [1.807, 2.05) is 25.1 Å². The average Bonchev–Trinajstić information content (AvgIpc) is 2.69. The molecule has 0 amide bonds. The highest BCUT2D eigenvalue weighted by Gasteiger charge is 2.33. The van der Waals surface area contributed by atoms with Crippen molar-refractivity contribution < 1.29 is 22.6 Å². The lowest BCUT2D eigenvalue weighted by atomic mass is 9.96. The van der Waals surface area contributed by atoms with Crippen LogP contribution in [-0.4, -0.2) is 30.7 Å². The summed E-state index contributed by atoms with van der Waals surface area (Å²) in [6.45, 7) is 7.05. The first-order valence-electron chi connectivity index (χ1n) is 10.1. The molecule has 3 nitrogen and oxygen atoms in total. The number of alkyl halides is 3. The third kappa shape index (κ3) is 5.89. The van der Waals surface area contributed by atoms with Crippen LogP contribution >= 0.6 is 0 Å². The third-order valence-electron chi connectivity index (χ3n) is 5.17. The van der Waals surface area contributed by atoms with Crippen molar-refractivity contribution in [2.45, 2.75) is 45.5 Å². The zero-order chi connectivity index (χ0) is 20.9. The molecular formula is C23H28F3NO2. The Labute approximate surface area is 170 Å². The van der Waals surface area contributed by atoms with E-state index >= 15 is 0 Å². The molecule has 29 heavy (non-hydrogen) atoms. The van der Waals surface area contributed by atoms with Gasteiger partial charge in [-0.3, -0.25) is 4.90 Å². The number of ether oxygens (including phenoxy) is 2. The maximum absolute atomic E-state index is 13.1. The van der Waals surface area contributed by atoms with Crippen LogP contribution in [0.1, 0.15) is 37.8 Å². The Hall–Kier alpha value is -2.21. The van der Waals surface area contributed by atoms with Gasteiger partial charge in [0.1, 0.15) is 6.10 Å². The topological polar surface area (TPSA) is 21.7 Å². The molecule has 2 atom stereocenters. The molecule has 0 N–H and O–H groups in total. The molecule has 1 fully saturated rings. The molecule has 0 bridgehead atoms. The van der Waals surface area contributed by atoms with Crippen molar-refractivity contribution in [3.8, 4) is 11.5 Å². The predicted molar refractivity (Wildman–Crippen MR) is 107 cm³/mol. The van der Waals surface area contributed by atoms with Gasteiger partial charge in [-0.25, -0.2) is 0 Å². The molecule has 1 aliphatic rings. The van der Waals surface area contributed by atoms with Crippen LogP contribution in [-0.2, 0) is 12.7 Å². The highest BCUT2D eigenvalue weighted by molar-refractivity contribution is 5.44. The van der Waals surface area contributed by atoms with Crippen LogP contribution in [0.25, 0.3) is 0 Å². The summed E-state index contributed by atoms with van der Waals surface area (Å²) in [4.78, 5) is 2.39. The molecular weight excluding hydrogens is 379 g/mol. The van der Waals surface area contributed by atoms with Gasteiger partial charge in [-0.2, -0.15) is 13.2 Å². The van der Waals surface area contributed by atoms with Gasteiger partial charge >= 0.3 is 6.18 Å². The van der Waals surface area contributed by atoms with Crippen LogP contribution in [0, 0.1) is 5.92 Å². The third-order valence-corrected chi connectivity index (χ3v) is 5.17. The van der Waals surface area contributed by atoms with E-state index in [-0.39, 0.29) is 17.8 Å². The van der Waals surface area contributed by atoms with Gasteiger partial charge in [-0.05, 0) is 36.6 Å². The summed E-state index contributed by atoms with van der Waals surface area (Å²) in [7, 11) is 0. The smallest absolute Gasteiger partial charge is 0.416 e. The molecule has 1 saturated heterocycles. The Balaban J connectivity index is 1.66. The molecule has 0 saturated carbocycles. The van der Waals surface area contributed by atoms with E-state index < -0.39 is 11.7 Å². The quantitative estimate of drug-likeness (QED) is 0.580. The van der Waals surface area contributed by atoms with Gasteiger partial charge in [-0.1, -0.05) is 44.2 Å². The van der Waals surface area contributed by atoms with Crippen LogP contribution in [0.2, 0.25) is 0 Å². The fraction of sp³-hybridized carbons (Fsp3) is 0.478. The summed E-state index contributed by atoms with van der Waals surface area (Å²) >= 11 is 0. The number of halogens is 3. The summed E-state index contributed by atoms with van der Waals surface area (Å²) in [5.41, 5.74) is 0.554. The fourth-order valence-corrected chi connectivity index (χ4v) is 3.64. The SMILES string of the molecule is CCCOc1cc(C(F)(F)F)ccc1O[C@@H]1CCN(Cc2ccccc2)C[C@H]1C. The first kappa shape index (κ1) is 21.5. The highest BCUT2D eigenvalue weighted by atomic mass is 19.4. The minimum absolute atomic E-state index is 0.0530. The Bertz CT molecular complexity index is 779. The minimum Gasteiger partial charge on any atom is -0.490 e. The van der Waals surface area contributed by atoms with Crippen LogP contribution in [0.15, 0.2) is 48.5 Å². The lowest BCUT2D eigenvalue weighted by Crippen LogP contribution is -2.44. The second-order valence-electron chi connectivity index (χ2n) is 7.65. The summed E-state index contributed by atoms with van der Waals surface area (Å²) in [6.07, 6.45) is -2.92. The monoisotopic (exact) mass is 407 g/mol. The number of nitrogens with zero attached hydrogens (tertiary/aromatic N) is 1. The van der Waals surface area contributed by atoms with Crippen molar-refractivity contribution in [1.29, 1.82) is 0 Å². The fourth-order valence-electron chi connectivity index (χ4n) is 3.64. The second kappa shape index (κ2) is 9.53. The van der Waals surface area contributed by atoms with Gasteiger partial charge in [-0.15, -0.1) is 0 Å². The normalized spacial score (nSPS) is 20.4. The minimum atomic E-state index is -4.40. The van der Waals surface area contributed by atoms with E-state index in [0.29, 0.717) is 18.8 Å². The number of likely N-dealkylation sites (tertiary alicyclic amines) is 1. The Morgan fingerprint density at radius 2 is 1.83 bits per heavy atom. The molecule has 6 heteroatoms. The molecule has 0 spiro atoms. The van der Waals surface area contributed by atoms with E-state index in [9.17, 15) is 13.2 Å². The molecule has 0 aliphatic carbocycles. The highest BCUT2D eigenvalue weighted by Crippen LogP contribution is 2.38. The maximum Gasteiger partial charge on any atom is 0.416 e. The van der Waals surface area contributed by atoms with Crippen molar-refractivity contribution in [2.75, 3.05) is 19.7 Å². The Morgan fingerprint density at radius 3 is 2.48 bits per heavy atom. The molecule has 158 valence electrons. The molecule has 1 aliphatic heterocycles. The van der Waals surface area contributed by atoms with Crippen molar-refractivity contribution in [1.82, 2.24) is 4.90 Å². The van der Waals surface area contributed by atoms with Crippen LogP contribution < -0.4 is 9.47 Å². The van der Waals surface area contributed by atoms with E-state index in [0.717, 1.165) is 38.2 Å². The Kier molecular flexibility index (Phi) is 7.06. The zero-order valence-electron chi connectivity index (χ0n) is 16.9. The number of piperidine rings is 1. The van der Waals surface area contributed by atoms with Crippen LogP contribution in [0.3, 0.4) is 0 Å². The zero-order valence-corrected chi connectivity index (χ0v) is 16.9. The van der Waals surface area contributed by atoms with Crippen molar-refractivity contribution >= 4 is 0 Å². The Morgan fingerprint density at radius 1 is 1.07 bits per heavy atom. The van der Waals surface area contributed by atoms with Crippen molar-refractivity contribution in [3.05, 3.63) is 59.7 Å². The maximum atomic E-state index is 13.1. The van der Waals surface area contributed by atoms with E-state index in [4.69, 9.17) is 9.47 Å². The summed E-state index contributed by atoms with van der Waals surface area (Å²) in [6, 6.07) is 13.8. The predicted octanol–water partition coefficient (Wildman–Crippen LogP) is 5.78. The standard InChI is InChI=1S/C23H28F3NO2/c1-3-13-28-22-14-19(23(24,25)26)9-10-21(22)29-20-11-12-27(15-17(20)2)16-18-7-5-4-6-8-18/h4-10,14,17,20H,3,11-13,15-16H2,1-2H3/t17-,20-/m1/s1. The molecule has 1 heterocycles. The van der Waals surface area contributed by atoms with Gasteiger partial charge in [0.2, 0.25) is 0 Å². The number of rotatable bonds is 7. The van der Waals surface area contributed by atoms with Gasteiger partial charge in [0, 0.05) is 25.6 Å². The van der Waals surface area contributed by atoms with E-state index in [1.165, 1.54) is 11.6 Å².